The molecule has 0 saturated carbocycles. The number of β-amino-alcohol motifs (C(OH)–C–C–N with tert-alkyl or cyclic N) is 1. The number of carbonyl (C=O) groups is 4. The summed E-state index contributed by atoms with van der Waals surface area (Å²) in [6.45, 7) is 12.1. The molecule has 4 atom stereocenters. The summed E-state index contributed by atoms with van der Waals surface area (Å²) in [5.74, 6) is -1.76. The van der Waals surface area contributed by atoms with E-state index in [0.717, 1.165) is 0 Å². The number of allylic oxidation sites excluding steroid dienone is 2. The second-order valence-corrected chi connectivity index (χ2v) is 7.84. The fraction of sp³-hybridized carbons (Fsp3) is 0.760. The Morgan fingerprint density at radius 2 is 1.74 bits per heavy atom. The topological polar surface area (TPSA) is 145 Å². The highest BCUT2D eigenvalue weighted by atomic mass is 16.4. The third-order valence-electron chi connectivity index (χ3n) is 5.12. The van der Waals surface area contributed by atoms with E-state index in [1.54, 1.807) is 0 Å². The molecule has 198 valence electrons. The summed E-state index contributed by atoms with van der Waals surface area (Å²) in [6, 6.07) is -1.07. The second-order valence-electron chi connectivity index (χ2n) is 7.84. The molecule has 5 N–H and O–H groups in total. The molecule has 0 radical (unpaired) electrons. The molecule has 1 aliphatic heterocycles. The normalized spacial score (nSPS) is 18.6. The van der Waals surface area contributed by atoms with Crippen LogP contribution in [0.15, 0.2) is 12.2 Å². The Hall–Kier alpha value is -2.26. The second kappa shape index (κ2) is 21.3. The van der Waals surface area contributed by atoms with E-state index in [-0.39, 0.29) is 36.4 Å². The van der Waals surface area contributed by atoms with Crippen molar-refractivity contribution in [2.75, 3.05) is 13.1 Å². The predicted octanol–water partition coefficient (Wildman–Crippen LogP) is 2.57. The zero-order chi connectivity index (χ0) is 26.5. The zero-order valence-corrected chi connectivity index (χ0v) is 21.9. The first kappa shape index (κ1) is 33.9. The maximum atomic E-state index is 12.2. The van der Waals surface area contributed by atoms with Crippen LogP contribution in [-0.2, 0) is 19.2 Å². The van der Waals surface area contributed by atoms with Crippen LogP contribution in [0.3, 0.4) is 0 Å². The lowest BCUT2D eigenvalue weighted by molar-refractivity contribution is -0.138. The Morgan fingerprint density at radius 3 is 2.24 bits per heavy atom. The summed E-state index contributed by atoms with van der Waals surface area (Å²) < 4.78 is 0. The van der Waals surface area contributed by atoms with E-state index in [2.05, 4.69) is 16.0 Å². The molecule has 0 spiro atoms. The summed E-state index contributed by atoms with van der Waals surface area (Å²) in [7, 11) is 0. The van der Waals surface area contributed by atoms with Crippen LogP contribution in [-0.4, -0.2) is 65.1 Å². The number of rotatable bonds is 14. The van der Waals surface area contributed by atoms with Crippen molar-refractivity contribution in [3.05, 3.63) is 12.2 Å². The van der Waals surface area contributed by atoms with Gasteiger partial charge in [0.25, 0.3) is 0 Å². The summed E-state index contributed by atoms with van der Waals surface area (Å²) in [5.41, 5.74) is 0. The minimum Gasteiger partial charge on any atom is -0.481 e. The Balaban J connectivity index is 0. The molecule has 9 heteroatoms. The van der Waals surface area contributed by atoms with Gasteiger partial charge in [-0.3, -0.25) is 19.2 Å². The molecule has 2 amide bonds. The van der Waals surface area contributed by atoms with Gasteiger partial charge in [-0.15, -0.1) is 0 Å². The van der Waals surface area contributed by atoms with Crippen molar-refractivity contribution in [1.29, 1.82) is 0 Å². The lowest BCUT2D eigenvalue weighted by Gasteiger charge is -2.19. The molecule has 0 aliphatic carbocycles. The van der Waals surface area contributed by atoms with E-state index in [0.29, 0.717) is 45.2 Å². The smallest absolute Gasteiger partial charge is 0.303 e. The van der Waals surface area contributed by atoms with Gasteiger partial charge in [-0.2, -0.15) is 0 Å². The van der Waals surface area contributed by atoms with Crippen molar-refractivity contribution in [1.82, 2.24) is 16.0 Å². The van der Waals surface area contributed by atoms with Crippen LogP contribution in [0, 0.1) is 5.92 Å². The number of aliphatic hydroxyl groups excluding tert-OH is 1. The number of aliphatic hydroxyl groups is 1. The van der Waals surface area contributed by atoms with Crippen LogP contribution in [0.5, 0.6) is 0 Å². The van der Waals surface area contributed by atoms with Gasteiger partial charge >= 0.3 is 5.97 Å². The van der Waals surface area contributed by atoms with Crippen molar-refractivity contribution in [2.45, 2.75) is 105 Å². The van der Waals surface area contributed by atoms with E-state index >= 15 is 0 Å². The number of carbonyl (C=O) groups excluding carboxylic acids is 3. The van der Waals surface area contributed by atoms with E-state index in [9.17, 15) is 24.3 Å². The van der Waals surface area contributed by atoms with Crippen LogP contribution >= 0.6 is 0 Å². The monoisotopic (exact) mass is 485 g/mol. The van der Waals surface area contributed by atoms with Crippen LogP contribution in [0.4, 0.5) is 0 Å². The van der Waals surface area contributed by atoms with Gasteiger partial charge in [0.2, 0.25) is 11.8 Å². The summed E-state index contributed by atoms with van der Waals surface area (Å²) >= 11 is 0. The number of ketones is 1. The lowest BCUT2D eigenvalue weighted by atomic mass is 9.97. The van der Waals surface area contributed by atoms with Crippen molar-refractivity contribution >= 4 is 23.6 Å². The molecular weight excluding hydrogens is 438 g/mol. The van der Waals surface area contributed by atoms with Crippen molar-refractivity contribution in [3.8, 4) is 0 Å². The van der Waals surface area contributed by atoms with Gasteiger partial charge in [0.15, 0.2) is 5.78 Å². The Kier molecular flexibility index (Phi) is 21.2. The minimum absolute atomic E-state index is 0.0510. The molecule has 0 aromatic carbocycles. The van der Waals surface area contributed by atoms with Crippen LogP contribution < -0.4 is 16.0 Å². The first-order valence-corrected chi connectivity index (χ1v) is 12.5. The number of amides is 2. The highest BCUT2D eigenvalue weighted by Gasteiger charge is 2.30. The van der Waals surface area contributed by atoms with Crippen LogP contribution in [0.25, 0.3) is 0 Å². The molecule has 1 rings (SSSR count). The van der Waals surface area contributed by atoms with Gasteiger partial charge in [-0.1, -0.05) is 39.8 Å². The van der Waals surface area contributed by atoms with Crippen molar-refractivity contribution < 1.29 is 29.4 Å². The maximum absolute atomic E-state index is 12.2. The Morgan fingerprint density at radius 1 is 1.09 bits per heavy atom. The average Bonchev–Trinajstić information content (AvgIpc) is 3.25. The molecule has 9 nitrogen and oxygen atoms in total. The first-order chi connectivity index (χ1) is 16.2. The van der Waals surface area contributed by atoms with Gasteiger partial charge in [-0.25, -0.2) is 0 Å². The molecule has 3 unspecified atom stereocenters. The summed E-state index contributed by atoms with van der Waals surface area (Å²) in [6.07, 6.45) is 5.88. The number of nitrogens with one attached hydrogen (secondary N) is 3. The van der Waals surface area contributed by atoms with E-state index in [1.807, 2.05) is 46.8 Å². The largest absolute Gasteiger partial charge is 0.481 e. The van der Waals surface area contributed by atoms with E-state index in [4.69, 9.17) is 5.11 Å². The van der Waals surface area contributed by atoms with E-state index in [1.165, 1.54) is 6.92 Å². The summed E-state index contributed by atoms with van der Waals surface area (Å²) in [4.78, 5) is 47.0. The molecule has 0 bridgehead atoms. The number of carboxylic acids is 1. The quantitative estimate of drug-likeness (QED) is 0.188. The standard InChI is InChI=1S/C21H35N3O6.2C2H6/c1-3-4-7-15(11-20(28)29)10-19(27)22-9-6-5-8-17(14(2)25)24-21(30)18-12-16(26)13-23-18;2*1-2/h3-4,15-18,23,26H,5-13H2,1-2H3,(H,22,27)(H,24,30)(H,28,29);2*1-2H3/b4-3+;;/t15?,16?,17?,18-;;/m1../s1. The molecule has 34 heavy (non-hydrogen) atoms. The number of carboxylic acid groups (broad SMARTS) is 1. The molecule has 1 fully saturated rings. The van der Waals surface area contributed by atoms with E-state index < -0.39 is 24.2 Å². The SMILES string of the molecule is C/C=C/CC(CC(=O)O)CC(=O)NCCCCC(NC(=O)[C@H]1CC(O)CN1)C(C)=O.CC.CC. The number of aliphatic carboxylic acids is 1. The highest BCUT2D eigenvalue weighted by molar-refractivity contribution is 5.89. The van der Waals surface area contributed by atoms with Crippen LogP contribution in [0.1, 0.15) is 86.5 Å². The zero-order valence-electron chi connectivity index (χ0n) is 21.9. The lowest BCUT2D eigenvalue weighted by Crippen LogP contribution is -2.47. The number of hydrogen-bond acceptors (Lipinski definition) is 6. The molecule has 0 aromatic heterocycles. The van der Waals surface area contributed by atoms with Gasteiger partial charge in [0.05, 0.1) is 18.2 Å². The van der Waals surface area contributed by atoms with Crippen LogP contribution in [0.2, 0.25) is 0 Å². The maximum Gasteiger partial charge on any atom is 0.303 e. The van der Waals surface area contributed by atoms with Gasteiger partial charge in [0.1, 0.15) is 0 Å². The highest BCUT2D eigenvalue weighted by Crippen LogP contribution is 2.14. The number of hydrogen-bond donors (Lipinski definition) is 5. The van der Waals surface area contributed by atoms with Crippen molar-refractivity contribution in [2.24, 2.45) is 5.92 Å². The molecule has 1 heterocycles. The van der Waals surface area contributed by atoms with Crippen molar-refractivity contribution in [3.63, 3.8) is 0 Å². The third-order valence-corrected chi connectivity index (χ3v) is 5.12. The third kappa shape index (κ3) is 16.4. The minimum atomic E-state index is -0.920. The fourth-order valence-corrected chi connectivity index (χ4v) is 3.42. The number of unbranched alkanes of at least 4 members (excludes halogenated alkanes) is 1. The average molecular weight is 486 g/mol. The van der Waals surface area contributed by atoms with Gasteiger partial charge in [-0.05, 0) is 51.9 Å². The predicted molar refractivity (Wildman–Crippen MR) is 134 cm³/mol. The summed E-state index contributed by atoms with van der Waals surface area (Å²) in [5, 5.41) is 26.9. The fourth-order valence-electron chi connectivity index (χ4n) is 3.42. The number of Topliss-reactive ketones (excluding diaryl/α,β-unsaturated/α-hetero) is 1. The molecular formula is C25H47N3O6. The van der Waals surface area contributed by atoms with Gasteiger partial charge in [0, 0.05) is 25.9 Å². The first-order valence-electron chi connectivity index (χ1n) is 12.5. The Labute approximate surface area is 205 Å². The molecule has 1 aliphatic rings. The molecule has 0 aromatic rings. The Bertz CT molecular complexity index is 624. The van der Waals surface area contributed by atoms with Gasteiger partial charge < -0.3 is 26.2 Å². The molecule has 1 saturated heterocycles.